The number of hydrogen-bond donors (Lipinski definition) is 3. The SMILES string of the molecule is CCCN(C(=O)CCC[Si](C)(C)O)c1cc(NC(=O)c2cccnc2NCc2ccncc2)ccc1CC. The average Bonchev–Trinajstić information content (AvgIpc) is 2.90. The average molecular weight is 534 g/mol. The Labute approximate surface area is 226 Å². The summed E-state index contributed by atoms with van der Waals surface area (Å²) in [6, 6.07) is 13.7. The summed E-state index contributed by atoms with van der Waals surface area (Å²) in [6.45, 7) is 9.00. The lowest BCUT2D eigenvalue weighted by Crippen LogP contribution is -2.33. The summed E-state index contributed by atoms with van der Waals surface area (Å²) in [6.07, 6.45) is 7.73. The Hall–Kier alpha value is -3.56. The first-order valence-corrected chi connectivity index (χ1v) is 16.4. The van der Waals surface area contributed by atoms with Gasteiger partial charge in [0.15, 0.2) is 8.32 Å². The van der Waals surface area contributed by atoms with Gasteiger partial charge in [-0.25, -0.2) is 4.98 Å². The molecule has 0 unspecified atom stereocenters. The van der Waals surface area contributed by atoms with Gasteiger partial charge in [0, 0.05) is 49.5 Å². The first kappa shape index (κ1) is 29.0. The van der Waals surface area contributed by atoms with Crippen LogP contribution in [0.25, 0.3) is 0 Å². The minimum atomic E-state index is -2.20. The van der Waals surface area contributed by atoms with Crippen molar-refractivity contribution in [2.45, 2.75) is 65.2 Å². The molecule has 3 rings (SSSR count). The van der Waals surface area contributed by atoms with Gasteiger partial charge in [-0.3, -0.25) is 14.6 Å². The molecule has 0 fully saturated rings. The second kappa shape index (κ2) is 13.8. The van der Waals surface area contributed by atoms with Gasteiger partial charge in [-0.2, -0.15) is 0 Å². The molecule has 0 aliphatic heterocycles. The van der Waals surface area contributed by atoms with E-state index in [-0.39, 0.29) is 11.8 Å². The lowest BCUT2D eigenvalue weighted by molar-refractivity contribution is -0.118. The molecule has 2 aromatic heterocycles. The van der Waals surface area contributed by atoms with Crippen molar-refractivity contribution in [1.82, 2.24) is 9.97 Å². The standard InChI is InChI=1S/C29H39N5O3Si/c1-5-18-34(27(35)10-8-19-38(3,4)37)26-20-24(12-11-23(26)6-2)33-29(36)25-9-7-15-31-28(25)32-21-22-13-16-30-17-14-22/h7,9,11-17,20,37H,5-6,8,10,18-19,21H2,1-4H3,(H,31,32)(H,33,36). The van der Waals surface area contributed by atoms with Gasteiger partial charge in [-0.15, -0.1) is 0 Å². The second-order valence-corrected chi connectivity index (χ2v) is 14.1. The number of benzene rings is 1. The quantitative estimate of drug-likeness (QED) is 0.246. The first-order chi connectivity index (χ1) is 18.2. The van der Waals surface area contributed by atoms with Crippen molar-refractivity contribution in [1.29, 1.82) is 0 Å². The van der Waals surface area contributed by atoms with Crippen molar-refractivity contribution in [3.8, 4) is 0 Å². The Balaban J connectivity index is 1.79. The highest BCUT2D eigenvalue weighted by molar-refractivity contribution is 6.69. The molecule has 0 atom stereocenters. The fourth-order valence-electron chi connectivity index (χ4n) is 4.22. The summed E-state index contributed by atoms with van der Waals surface area (Å²) in [5, 5.41) is 6.23. The van der Waals surface area contributed by atoms with Crippen molar-refractivity contribution >= 4 is 37.3 Å². The Kier molecular flexibility index (Phi) is 10.6. The molecule has 3 aromatic rings. The number of carbonyl (C=O) groups excluding carboxylic acids is 2. The third kappa shape index (κ3) is 8.49. The van der Waals surface area contributed by atoms with Crippen LogP contribution in [0.1, 0.15) is 54.6 Å². The maximum Gasteiger partial charge on any atom is 0.259 e. The maximum atomic E-state index is 13.3. The number of aryl methyl sites for hydroxylation is 1. The molecule has 3 N–H and O–H groups in total. The molecule has 0 radical (unpaired) electrons. The van der Waals surface area contributed by atoms with Gasteiger partial charge in [0.2, 0.25) is 5.91 Å². The van der Waals surface area contributed by atoms with Crippen molar-refractivity contribution < 1.29 is 14.4 Å². The van der Waals surface area contributed by atoms with Crippen molar-refractivity contribution in [2.75, 3.05) is 22.1 Å². The lowest BCUT2D eigenvalue weighted by atomic mass is 10.1. The van der Waals surface area contributed by atoms with Crippen LogP contribution in [0, 0.1) is 0 Å². The zero-order valence-electron chi connectivity index (χ0n) is 22.8. The zero-order valence-corrected chi connectivity index (χ0v) is 23.8. The molecule has 0 saturated heterocycles. The van der Waals surface area contributed by atoms with Gasteiger partial charge in [0.25, 0.3) is 5.91 Å². The Morgan fingerprint density at radius 1 is 1.05 bits per heavy atom. The number of nitrogens with zero attached hydrogens (tertiary/aromatic N) is 3. The van der Waals surface area contributed by atoms with Crippen LogP contribution in [0.2, 0.25) is 19.1 Å². The number of aromatic nitrogens is 2. The highest BCUT2D eigenvalue weighted by Crippen LogP contribution is 2.28. The summed E-state index contributed by atoms with van der Waals surface area (Å²) in [5.41, 5.74) is 3.94. The normalized spacial score (nSPS) is 11.2. The minimum absolute atomic E-state index is 0.0399. The van der Waals surface area contributed by atoms with Crippen LogP contribution in [-0.2, 0) is 17.8 Å². The molecule has 1 aromatic carbocycles. The molecule has 2 amide bonds. The first-order valence-electron chi connectivity index (χ1n) is 13.3. The van der Waals surface area contributed by atoms with E-state index in [4.69, 9.17) is 0 Å². The third-order valence-electron chi connectivity index (χ3n) is 6.20. The van der Waals surface area contributed by atoms with E-state index in [1.165, 1.54) is 0 Å². The number of nitrogens with one attached hydrogen (secondary N) is 2. The fourth-order valence-corrected chi connectivity index (χ4v) is 5.26. The molecule has 0 aliphatic rings. The second-order valence-electron chi connectivity index (χ2n) is 9.97. The van der Waals surface area contributed by atoms with E-state index in [0.29, 0.717) is 49.0 Å². The fraction of sp³-hybridized carbons (Fsp3) is 0.379. The van der Waals surface area contributed by atoms with Crippen molar-refractivity contribution in [3.05, 3.63) is 77.7 Å². The number of carbonyl (C=O) groups is 2. The predicted molar refractivity (Wildman–Crippen MR) is 156 cm³/mol. The topological polar surface area (TPSA) is 107 Å². The van der Waals surface area contributed by atoms with Crippen LogP contribution >= 0.6 is 0 Å². The number of rotatable bonds is 13. The molecule has 0 aliphatic carbocycles. The van der Waals surface area contributed by atoms with Gasteiger partial charge in [-0.05, 0) is 85.9 Å². The maximum absolute atomic E-state index is 13.3. The highest BCUT2D eigenvalue weighted by atomic mass is 28.4. The molecule has 202 valence electrons. The van der Waals surface area contributed by atoms with E-state index < -0.39 is 8.32 Å². The van der Waals surface area contributed by atoms with E-state index in [1.54, 1.807) is 30.7 Å². The molecular formula is C29H39N5O3Si. The number of amides is 2. The predicted octanol–water partition coefficient (Wildman–Crippen LogP) is 5.62. The molecule has 0 bridgehead atoms. The van der Waals surface area contributed by atoms with Gasteiger partial charge in [0.1, 0.15) is 5.82 Å². The zero-order chi connectivity index (χ0) is 27.5. The summed E-state index contributed by atoms with van der Waals surface area (Å²) in [5.74, 6) is 0.248. The van der Waals surface area contributed by atoms with Gasteiger partial charge >= 0.3 is 0 Å². The third-order valence-corrected chi connectivity index (χ3v) is 7.78. The van der Waals surface area contributed by atoms with E-state index >= 15 is 0 Å². The smallest absolute Gasteiger partial charge is 0.259 e. The molecule has 38 heavy (non-hydrogen) atoms. The van der Waals surface area contributed by atoms with E-state index in [1.807, 2.05) is 55.2 Å². The van der Waals surface area contributed by atoms with Crippen molar-refractivity contribution in [2.24, 2.45) is 0 Å². The van der Waals surface area contributed by atoms with Gasteiger partial charge < -0.3 is 20.3 Å². The summed E-state index contributed by atoms with van der Waals surface area (Å²) < 4.78 is 0. The lowest BCUT2D eigenvalue weighted by Gasteiger charge is -2.26. The van der Waals surface area contributed by atoms with E-state index in [2.05, 4.69) is 27.5 Å². The van der Waals surface area contributed by atoms with E-state index in [0.717, 1.165) is 29.7 Å². The molecular weight excluding hydrogens is 494 g/mol. The van der Waals surface area contributed by atoms with Crippen LogP contribution in [0.15, 0.2) is 61.1 Å². The van der Waals surface area contributed by atoms with Crippen LogP contribution in [0.4, 0.5) is 17.2 Å². The van der Waals surface area contributed by atoms with Gasteiger partial charge in [-0.1, -0.05) is 19.9 Å². The molecule has 0 spiro atoms. The molecule has 8 nitrogen and oxygen atoms in total. The molecule has 9 heteroatoms. The van der Waals surface area contributed by atoms with E-state index in [9.17, 15) is 14.4 Å². The van der Waals surface area contributed by atoms with Crippen molar-refractivity contribution in [3.63, 3.8) is 0 Å². The number of hydrogen-bond acceptors (Lipinski definition) is 6. The van der Waals surface area contributed by atoms with Gasteiger partial charge in [0.05, 0.1) is 5.56 Å². The largest absolute Gasteiger partial charge is 0.432 e. The number of pyridine rings is 2. The van der Waals surface area contributed by atoms with Crippen LogP contribution < -0.4 is 15.5 Å². The Bertz CT molecular complexity index is 1210. The molecule has 2 heterocycles. The van der Waals surface area contributed by atoms with Crippen LogP contribution in [0.3, 0.4) is 0 Å². The molecule has 0 saturated carbocycles. The summed E-state index contributed by atoms with van der Waals surface area (Å²) in [4.78, 5) is 46.9. The van der Waals surface area contributed by atoms with Crippen LogP contribution in [0.5, 0.6) is 0 Å². The monoisotopic (exact) mass is 533 g/mol. The summed E-state index contributed by atoms with van der Waals surface area (Å²) in [7, 11) is -2.20. The highest BCUT2D eigenvalue weighted by Gasteiger charge is 2.22. The Morgan fingerprint density at radius 2 is 1.82 bits per heavy atom. The van der Waals surface area contributed by atoms with Crippen LogP contribution in [-0.4, -0.2) is 41.4 Å². The minimum Gasteiger partial charge on any atom is -0.432 e. The number of anilines is 3. The Morgan fingerprint density at radius 3 is 2.50 bits per heavy atom. The summed E-state index contributed by atoms with van der Waals surface area (Å²) >= 11 is 0.